The van der Waals surface area contributed by atoms with E-state index in [0.717, 1.165) is 43.7 Å². The third-order valence-corrected chi connectivity index (χ3v) is 6.44. The van der Waals surface area contributed by atoms with Gasteiger partial charge < -0.3 is 9.64 Å². The van der Waals surface area contributed by atoms with E-state index in [9.17, 15) is 4.79 Å². The number of nitrogens with zero attached hydrogens (tertiary/aromatic N) is 3. The van der Waals surface area contributed by atoms with Crippen molar-refractivity contribution in [1.29, 1.82) is 0 Å². The van der Waals surface area contributed by atoms with E-state index in [1.165, 1.54) is 6.42 Å². The predicted molar refractivity (Wildman–Crippen MR) is 108 cm³/mol. The molecule has 1 aromatic carbocycles. The molecule has 3 fully saturated rings. The van der Waals surface area contributed by atoms with E-state index in [-0.39, 0.29) is 17.9 Å². The maximum atomic E-state index is 13.2. The van der Waals surface area contributed by atoms with Crippen LogP contribution in [0.4, 0.5) is 0 Å². The summed E-state index contributed by atoms with van der Waals surface area (Å²) in [5.74, 6) is 2.07. The molecule has 0 radical (unpaired) electrons. The average Bonchev–Trinajstić information content (AvgIpc) is 3.38. The fraction of sp³-hybridized carbons (Fsp3) is 0.500. The second-order valence-electron chi connectivity index (χ2n) is 8.29. The third-order valence-electron chi connectivity index (χ3n) is 6.44. The Bertz CT molecular complexity index is 861. The van der Waals surface area contributed by atoms with Crippen molar-refractivity contribution < 1.29 is 9.53 Å². The molecule has 7 heteroatoms. The summed E-state index contributed by atoms with van der Waals surface area (Å²) < 4.78 is 5.84. The van der Waals surface area contributed by atoms with Crippen LogP contribution < -0.4 is 15.6 Å². The maximum absolute atomic E-state index is 13.2. The molecule has 29 heavy (non-hydrogen) atoms. The number of fused-ring (bicyclic) bond motifs is 1. The van der Waals surface area contributed by atoms with E-state index >= 15 is 0 Å². The molecule has 3 heterocycles. The Morgan fingerprint density at radius 3 is 2.86 bits per heavy atom. The predicted octanol–water partition coefficient (Wildman–Crippen LogP) is 2.62. The number of benzene rings is 1. The van der Waals surface area contributed by atoms with E-state index in [0.29, 0.717) is 24.4 Å². The lowest BCUT2D eigenvalue weighted by Crippen LogP contribution is -2.50. The molecule has 2 N–H and O–H groups in total. The number of carbonyl (C=O) groups is 1. The molecule has 2 aliphatic heterocycles. The number of ether oxygens (including phenoxy) is 1. The van der Waals surface area contributed by atoms with Crippen LogP contribution in [0, 0.1) is 5.92 Å². The summed E-state index contributed by atoms with van der Waals surface area (Å²) >= 11 is 0. The first-order chi connectivity index (χ1) is 14.3. The number of carbonyl (C=O) groups excluding carboxylic acids is 1. The minimum Gasteiger partial charge on any atom is -0.437 e. The number of aromatic nitrogens is 2. The SMILES string of the molecule is O=C(C1NNC2CCCC21)N1CCCC(c2cncc(Oc3ccccc3)n2)C1. The van der Waals surface area contributed by atoms with Gasteiger partial charge in [0.1, 0.15) is 11.8 Å². The second kappa shape index (κ2) is 8.08. The van der Waals surface area contributed by atoms with Crippen LogP contribution in [0.5, 0.6) is 11.6 Å². The van der Waals surface area contributed by atoms with Crippen LogP contribution in [0.25, 0.3) is 0 Å². The summed E-state index contributed by atoms with van der Waals surface area (Å²) in [6, 6.07) is 9.95. The molecule has 2 saturated heterocycles. The largest absolute Gasteiger partial charge is 0.437 e. The van der Waals surface area contributed by atoms with Crippen LogP contribution in [0.15, 0.2) is 42.7 Å². The number of para-hydroxylation sites is 1. The number of hydrogen-bond donors (Lipinski definition) is 2. The minimum absolute atomic E-state index is 0.0971. The number of likely N-dealkylation sites (tertiary alicyclic amines) is 1. The lowest BCUT2D eigenvalue weighted by molar-refractivity contribution is -0.135. The first kappa shape index (κ1) is 18.5. The summed E-state index contributed by atoms with van der Waals surface area (Å²) in [6.45, 7) is 1.51. The van der Waals surface area contributed by atoms with Crippen molar-refractivity contribution in [2.45, 2.75) is 50.1 Å². The molecule has 7 nitrogen and oxygen atoms in total. The summed E-state index contributed by atoms with van der Waals surface area (Å²) in [4.78, 5) is 24.2. The summed E-state index contributed by atoms with van der Waals surface area (Å²) in [7, 11) is 0. The van der Waals surface area contributed by atoms with Crippen molar-refractivity contribution >= 4 is 5.91 Å². The highest BCUT2D eigenvalue weighted by molar-refractivity contribution is 5.83. The van der Waals surface area contributed by atoms with Crippen LogP contribution in [0.2, 0.25) is 0 Å². The van der Waals surface area contributed by atoms with Crippen LogP contribution in [0.1, 0.15) is 43.7 Å². The van der Waals surface area contributed by atoms with Crippen molar-refractivity contribution in [3.63, 3.8) is 0 Å². The number of hydrogen-bond acceptors (Lipinski definition) is 6. The molecule has 1 aliphatic carbocycles. The number of piperidine rings is 1. The molecule has 3 aliphatic rings. The molecule has 1 aromatic heterocycles. The Morgan fingerprint density at radius 2 is 1.97 bits per heavy atom. The quantitative estimate of drug-likeness (QED) is 0.831. The van der Waals surface area contributed by atoms with Crippen molar-refractivity contribution in [3.05, 3.63) is 48.4 Å². The van der Waals surface area contributed by atoms with Crippen LogP contribution in [-0.4, -0.2) is 45.9 Å². The van der Waals surface area contributed by atoms with Gasteiger partial charge in [-0.2, -0.15) is 0 Å². The van der Waals surface area contributed by atoms with E-state index < -0.39 is 0 Å². The van der Waals surface area contributed by atoms with Gasteiger partial charge in [0.05, 0.1) is 11.9 Å². The van der Waals surface area contributed by atoms with Gasteiger partial charge in [-0.3, -0.25) is 15.2 Å². The molecule has 0 bridgehead atoms. The van der Waals surface area contributed by atoms with Crippen LogP contribution in [0.3, 0.4) is 0 Å². The summed E-state index contributed by atoms with van der Waals surface area (Å²) in [5.41, 5.74) is 7.48. The van der Waals surface area contributed by atoms with Gasteiger partial charge in [-0.05, 0) is 37.8 Å². The zero-order valence-electron chi connectivity index (χ0n) is 16.5. The van der Waals surface area contributed by atoms with Gasteiger partial charge >= 0.3 is 0 Å². The smallest absolute Gasteiger partial charge is 0.241 e. The average molecular weight is 393 g/mol. The lowest BCUT2D eigenvalue weighted by atomic mass is 9.92. The summed E-state index contributed by atoms with van der Waals surface area (Å²) in [5, 5.41) is 0. The standard InChI is InChI=1S/C22H27N5O2/c28-22(21-17-9-4-10-18(17)25-26-21)27-11-5-6-15(14-27)19-12-23-13-20(24-19)29-16-7-2-1-3-8-16/h1-3,7-8,12-13,15,17-18,21,25-26H,4-6,9-11,14H2. The Labute approximate surface area is 170 Å². The Morgan fingerprint density at radius 1 is 1.07 bits per heavy atom. The Hall–Kier alpha value is -2.51. The zero-order chi connectivity index (χ0) is 19.6. The molecule has 1 amide bonds. The Kier molecular flexibility index (Phi) is 5.16. The molecule has 1 saturated carbocycles. The number of nitrogens with one attached hydrogen (secondary N) is 2. The highest BCUT2D eigenvalue weighted by atomic mass is 16.5. The number of rotatable bonds is 4. The van der Waals surface area contributed by atoms with Crippen molar-refractivity contribution in [2.75, 3.05) is 13.1 Å². The molecule has 4 atom stereocenters. The molecular weight excluding hydrogens is 366 g/mol. The van der Waals surface area contributed by atoms with Crippen molar-refractivity contribution in [1.82, 2.24) is 25.7 Å². The van der Waals surface area contributed by atoms with Crippen LogP contribution in [-0.2, 0) is 4.79 Å². The van der Waals surface area contributed by atoms with Gasteiger partial charge in [0.25, 0.3) is 0 Å². The van der Waals surface area contributed by atoms with Gasteiger partial charge in [0.2, 0.25) is 11.8 Å². The first-order valence-electron chi connectivity index (χ1n) is 10.6. The zero-order valence-corrected chi connectivity index (χ0v) is 16.5. The third kappa shape index (κ3) is 3.84. The molecule has 0 spiro atoms. The van der Waals surface area contributed by atoms with E-state index in [1.54, 1.807) is 12.4 Å². The van der Waals surface area contributed by atoms with Crippen LogP contribution >= 0.6 is 0 Å². The van der Waals surface area contributed by atoms with Gasteiger partial charge in [0, 0.05) is 37.2 Å². The van der Waals surface area contributed by atoms with Gasteiger partial charge in [-0.25, -0.2) is 10.4 Å². The number of amides is 1. The monoisotopic (exact) mass is 393 g/mol. The first-order valence-corrected chi connectivity index (χ1v) is 10.6. The molecule has 152 valence electrons. The maximum Gasteiger partial charge on any atom is 0.241 e. The van der Waals surface area contributed by atoms with Gasteiger partial charge in [0.15, 0.2) is 0 Å². The normalized spacial score (nSPS) is 28.9. The van der Waals surface area contributed by atoms with Gasteiger partial charge in [-0.1, -0.05) is 24.6 Å². The Balaban J connectivity index is 1.27. The van der Waals surface area contributed by atoms with Gasteiger partial charge in [-0.15, -0.1) is 0 Å². The van der Waals surface area contributed by atoms with Crippen molar-refractivity contribution in [3.8, 4) is 11.6 Å². The lowest BCUT2D eigenvalue weighted by Gasteiger charge is -2.34. The molecular formula is C22H27N5O2. The fourth-order valence-corrected chi connectivity index (χ4v) is 4.95. The highest BCUT2D eigenvalue weighted by Crippen LogP contribution is 2.34. The van der Waals surface area contributed by atoms with Crippen molar-refractivity contribution in [2.24, 2.45) is 5.92 Å². The fourth-order valence-electron chi connectivity index (χ4n) is 4.95. The molecule has 5 rings (SSSR count). The second-order valence-corrected chi connectivity index (χ2v) is 8.29. The minimum atomic E-state index is -0.0971. The topological polar surface area (TPSA) is 79.4 Å². The van der Waals surface area contributed by atoms with E-state index in [4.69, 9.17) is 4.74 Å². The highest BCUT2D eigenvalue weighted by Gasteiger charge is 2.44. The van der Waals surface area contributed by atoms with E-state index in [1.807, 2.05) is 35.2 Å². The summed E-state index contributed by atoms with van der Waals surface area (Å²) in [6.07, 6.45) is 8.93. The van der Waals surface area contributed by atoms with E-state index in [2.05, 4.69) is 20.8 Å². The number of hydrazine groups is 1. The molecule has 4 unspecified atom stereocenters. The molecule has 2 aromatic rings.